The summed E-state index contributed by atoms with van der Waals surface area (Å²) in [5, 5.41) is 6.81. The molecule has 1 aromatic carbocycles. The Morgan fingerprint density at radius 1 is 1.23 bits per heavy atom. The van der Waals surface area contributed by atoms with Crippen molar-refractivity contribution in [2.75, 3.05) is 13.6 Å². The third kappa shape index (κ3) is 5.74. The second-order valence-corrected chi connectivity index (χ2v) is 7.80. The fourth-order valence-corrected chi connectivity index (χ4v) is 4.24. The van der Waals surface area contributed by atoms with Gasteiger partial charge in [-0.3, -0.25) is 9.98 Å². The van der Waals surface area contributed by atoms with Crippen molar-refractivity contribution >= 4 is 5.71 Å². The molecule has 0 saturated carbocycles. The van der Waals surface area contributed by atoms with Crippen molar-refractivity contribution in [1.82, 2.24) is 15.6 Å². The van der Waals surface area contributed by atoms with Crippen molar-refractivity contribution < 1.29 is 0 Å². The van der Waals surface area contributed by atoms with Crippen molar-refractivity contribution in [2.45, 2.75) is 51.6 Å². The number of allylic oxidation sites excluding steroid dienone is 2. The van der Waals surface area contributed by atoms with Gasteiger partial charge in [0.05, 0.1) is 5.71 Å². The molecule has 4 rings (SSSR count). The minimum absolute atomic E-state index is 0.476. The monoisotopic (exact) mass is 402 g/mol. The SMILES string of the molecule is C=CN=C(/C=C\C)c1cccc2c1CC(CNC)NC2.c1cnc2c(c1)CCCC2. The highest BCUT2D eigenvalue weighted by Crippen LogP contribution is 2.22. The minimum atomic E-state index is 0.476. The Labute approximate surface area is 181 Å². The molecule has 0 saturated heterocycles. The number of pyridine rings is 1. The van der Waals surface area contributed by atoms with Gasteiger partial charge in [0, 0.05) is 42.8 Å². The van der Waals surface area contributed by atoms with Gasteiger partial charge in [0.2, 0.25) is 0 Å². The summed E-state index contributed by atoms with van der Waals surface area (Å²) in [5.41, 5.74) is 7.79. The third-order valence-corrected chi connectivity index (χ3v) is 5.68. The Morgan fingerprint density at radius 3 is 2.83 bits per heavy atom. The average Bonchev–Trinajstić information content (AvgIpc) is 2.79. The number of aryl methyl sites for hydroxylation is 2. The number of aliphatic imine (C=N–C) groups is 1. The van der Waals surface area contributed by atoms with Gasteiger partial charge in [0.15, 0.2) is 0 Å². The standard InChI is InChI=1S/C17H23N3.C9H11N/c1-4-7-17(19-5-2)15-9-6-8-13-11-20-14(12-18-3)10-16(13)15;1-2-6-9-8(4-1)5-3-7-10-9/h4-9,14,18,20H,2,10-12H2,1,3H3;3,5,7H,1-2,4,6H2/b7-4-,19-17?;. The molecule has 0 radical (unpaired) electrons. The molecule has 1 atom stereocenters. The van der Waals surface area contributed by atoms with Crippen LogP contribution in [0.25, 0.3) is 0 Å². The van der Waals surface area contributed by atoms with E-state index in [0.717, 1.165) is 25.2 Å². The van der Waals surface area contributed by atoms with Crippen molar-refractivity contribution in [1.29, 1.82) is 0 Å². The number of nitrogens with zero attached hydrogens (tertiary/aromatic N) is 2. The van der Waals surface area contributed by atoms with E-state index in [4.69, 9.17) is 0 Å². The summed E-state index contributed by atoms with van der Waals surface area (Å²) in [6.07, 6.45) is 13.7. The maximum absolute atomic E-state index is 4.42. The lowest BCUT2D eigenvalue weighted by Gasteiger charge is -2.28. The zero-order valence-corrected chi connectivity index (χ0v) is 18.3. The van der Waals surface area contributed by atoms with Gasteiger partial charge in [0.25, 0.3) is 0 Å². The Balaban J connectivity index is 0.000000212. The van der Waals surface area contributed by atoms with Gasteiger partial charge in [0.1, 0.15) is 0 Å². The molecule has 1 aliphatic heterocycles. The second kappa shape index (κ2) is 11.6. The minimum Gasteiger partial charge on any atom is -0.318 e. The van der Waals surface area contributed by atoms with Crippen LogP contribution in [0, 0.1) is 0 Å². The van der Waals surface area contributed by atoms with Gasteiger partial charge in [-0.05, 0) is 74.9 Å². The molecule has 0 fully saturated rings. The van der Waals surface area contributed by atoms with Gasteiger partial charge in [-0.1, -0.05) is 36.9 Å². The van der Waals surface area contributed by atoms with E-state index in [9.17, 15) is 0 Å². The van der Waals surface area contributed by atoms with Gasteiger partial charge in [-0.15, -0.1) is 0 Å². The molecule has 2 N–H and O–H groups in total. The molecule has 0 amide bonds. The summed E-state index contributed by atoms with van der Waals surface area (Å²) in [6.45, 7) is 7.64. The predicted molar refractivity (Wildman–Crippen MR) is 127 cm³/mol. The van der Waals surface area contributed by atoms with E-state index < -0.39 is 0 Å². The summed E-state index contributed by atoms with van der Waals surface area (Å²) in [4.78, 5) is 8.74. The van der Waals surface area contributed by atoms with Crippen LogP contribution in [-0.2, 0) is 25.8 Å². The molecule has 0 bridgehead atoms. The Kier molecular flexibility index (Phi) is 8.54. The highest BCUT2D eigenvalue weighted by Gasteiger charge is 2.20. The van der Waals surface area contributed by atoms with Gasteiger partial charge in [-0.2, -0.15) is 0 Å². The lowest BCUT2D eigenvalue weighted by molar-refractivity contribution is 0.462. The normalized spacial score (nSPS) is 18.2. The van der Waals surface area contributed by atoms with Crippen LogP contribution in [0.15, 0.2) is 66.5 Å². The van der Waals surface area contributed by atoms with Crippen molar-refractivity contribution in [3.05, 3.63) is 89.4 Å². The van der Waals surface area contributed by atoms with Crippen LogP contribution in [0.5, 0.6) is 0 Å². The number of hydrogen-bond donors (Lipinski definition) is 2. The molecule has 2 aromatic rings. The average molecular weight is 403 g/mol. The molecule has 4 heteroatoms. The summed E-state index contributed by atoms with van der Waals surface area (Å²) >= 11 is 0. The van der Waals surface area contributed by atoms with E-state index >= 15 is 0 Å². The number of nitrogens with one attached hydrogen (secondary N) is 2. The van der Waals surface area contributed by atoms with E-state index in [2.05, 4.69) is 51.5 Å². The molecular weight excluding hydrogens is 368 g/mol. The Morgan fingerprint density at radius 2 is 2.07 bits per heavy atom. The first-order chi connectivity index (χ1) is 14.8. The van der Waals surface area contributed by atoms with Crippen molar-refractivity contribution in [3.8, 4) is 0 Å². The number of benzene rings is 1. The van der Waals surface area contributed by atoms with E-state index in [1.807, 2.05) is 38.4 Å². The molecule has 1 aromatic heterocycles. The topological polar surface area (TPSA) is 49.3 Å². The highest BCUT2D eigenvalue weighted by atomic mass is 15.0. The largest absolute Gasteiger partial charge is 0.318 e. The fourth-order valence-electron chi connectivity index (χ4n) is 4.24. The third-order valence-electron chi connectivity index (χ3n) is 5.68. The van der Waals surface area contributed by atoms with Crippen molar-refractivity contribution in [2.24, 2.45) is 4.99 Å². The van der Waals surface area contributed by atoms with E-state index in [-0.39, 0.29) is 0 Å². The maximum Gasteiger partial charge on any atom is 0.0701 e. The van der Waals surface area contributed by atoms with Gasteiger partial charge < -0.3 is 10.6 Å². The van der Waals surface area contributed by atoms with Crippen LogP contribution in [0.2, 0.25) is 0 Å². The highest BCUT2D eigenvalue weighted by molar-refractivity contribution is 6.10. The molecule has 4 nitrogen and oxygen atoms in total. The Bertz CT molecular complexity index is 873. The number of aromatic nitrogens is 1. The fraction of sp³-hybridized carbons (Fsp3) is 0.385. The zero-order valence-electron chi connectivity index (χ0n) is 18.3. The number of likely N-dealkylation sites (N-methyl/N-ethyl adjacent to an activating group) is 1. The Hall–Kier alpha value is -2.56. The quantitative estimate of drug-likeness (QED) is 0.729. The van der Waals surface area contributed by atoms with E-state index in [1.165, 1.54) is 53.6 Å². The number of fused-ring (bicyclic) bond motifs is 2. The first kappa shape index (κ1) is 22.1. The van der Waals surface area contributed by atoms with Crippen LogP contribution < -0.4 is 10.6 Å². The lowest BCUT2D eigenvalue weighted by Crippen LogP contribution is -2.42. The van der Waals surface area contributed by atoms with Crippen LogP contribution in [0.1, 0.15) is 47.7 Å². The zero-order chi connectivity index (χ0) is 21.2. The summed E-state index contributed by atoms with van der Waals surface area (Å²) < 4.78 is 0. The molecule has 2 aliphatic rings. The second-order valence-electron chi connectivity index (χ2n) is 7.80. The van der Waals surface area contributed by atoms with Crippen LogP contribution in [-0.4, -0.2) is 30.3 Å². The molecular formula is C26H34N4. The maximum atomic E-state index is 4.42. The molecule has 1 aliphatic carbocycles. The van der Waals surface area contributed by atoms with Crippen molar-refractivity contribution in [3.63, 3.8) is 0 Å². The molecule has 1 unspecified atom stereocenters. The van der Waals surface area contributed by atoms with Crippen LogP contribution in [0.4, 0.5) is 0 Å². The molecule has 30 heavy (non-hydrogen) atoms. The number of hydrogen-bond acceptors (Lipinski definition) is 4. The smallest absolute Gasteiger partial charge is 0.0701 e. The van der Waals surface area contributed by atoms with Crippen LogP contribution in [0.3, 0.4) is 0 Å². The molecule has 2 heterocycles. The summed E-state index contributed by atoms with van der Waals surface area (Å²) in [6, 6.07) is 11.2. The summed E-state index contributed by atoms with van der Waals surface area (Å²) in [7, 11) is 1.99. The predicted octanol–water partition coefficient (Wildman–Crippen LogP) is 4.39. The first-order valence-corrected chi connectivity index (χ1v) is 11.0. The molecule has 158 valence electrons. The lowest BCUT2D eigenvalue weighted by atomic mass is 9.89. The van der Waals surface area contributed by atoms with Crippen LogP contribution >= 0.6 is 0 Å². The van der Waals surface area contributed by atoms with E-state index in [1.54, 1.807) is 6.20 Å². The van der Waals surface area contributed by atoms with Gasteiger partial charge >= 0.3 is 0 Å². The molecule has 0 spiro atoms. The first-order valence-electron chi connectivity index (χ1n) is 11.0. The van der Waals surface area contributed by atoms with E-state index in [0.29, 0.717) is 6.04 Å². The van der Waals surface area contributed by atoms with Gasteiger partial charge in [-0.25, -0.2) is 0 Å². The number of rotatable bonds is 5. The summed E-state index contributed by atoms with van der Waals surface area (Å²) in [5.74, 6) is 0.